The minimum atomic E-state index is -0.427. The number of hydrogen-bond acceptors (Lipinski definition) is 8. The van der Waals surface area contributed by atoms with E-state index in [0.29, 0.717) is 39.8 Å². The van der Waals surface area contributed by atoms with Crippen LogP contribution in [0.15, 0.2) is 16.5 Å². The zero-order valence-electron chi connectivity index (χ0n) is 18.7. The second-order valence-electron chi connectivity index (χ2n) is 7.55. The van der Waals surface area contributed by atoms with Crippen LogP contribution in [0, 0.1) is 13.8 Å². The Morgan fingerprint density at radius 3 is 2.58 bits per heavy atom. The molecular weight excluding hydrogens is 398 g/mol. The van der Waals surface area contributed by atoms with Gasteiger partial charge in [0.1, 0.15) is 23.0 Å². The number of aryl methyl sites for hydroxylation is 2. The molecule has 164 valence electrons. The van der Waals surface area contributed by atoms with Gasteiger partial charge < -0.3 is 23.5 Å². The fourth-order valence-electron chi connectivity index (χ4n) is 4.29. The maximum Gasteiger partial charge on any atom is 0.342 e. The molecule has 0 amide bonds. The first-order chi connectivity index (χ1) is 14.9. The quantitative estimate of drug-likeness (QED) is 0.563. The van der Waals surface area contributed by atoms with E-state index in [1.807, 2.05) is 19.1 Å². The van der Waals surface area contributed by atoms with Crippen LogP contribution < -0.4 is 14.4 Å². The summed E-state index contributed by atoms with van der Waals surface area (Å²) in [4.78, 5) is 24.0. The highest BCUT2D eigenvalue weighted by atomic mass is 16.5. The molecule has 31 heavy (non-hydrogen) atoms. The number of methoxy groups -OCH3 is 2. The van der Waals surface area contributed by atoms with Crippen LogP contribution in [-0.2, 0) is 11.2 Å². The van der Waals surface area contributed by atoms with Gasteiger partial charge in [-0.3, -0.25) is 0 Å². The molecule has 0 N–H and O–H groups in total. The molecule has 2 aromatic heterocycles. The number of benzene rings is 1. The second kappa shape index (κ2) is 8.09. The monoisotopic (exact) mass is 425 g/mol. The van der Waals surface area contributed by atoms with Crippen molar-refractivity contribution < 1.29 is 23.4 Å². The first kappa shape index (κ1) is 21.0. The average Bonchev–Trinajstić information content (AvgIpc) is 3.08. The number of hydrogen-bond donors (Lipinski definition) is 0. The first-order valence-electron chi connectivity index (χ1n) is 10.4. The van der Waals surface area contributed by atoms with Crippen molar-refractivity contribution in [1.29, 1.82) is 0 Å². The van der Waals surface area contributed by atoms with E-state index < -0.39 is 5.97 Å². The van der Waals surface area contributed by atoms with Gasteiger partial charge >= 0.3 is 5.97 Å². The minimum absolute atomic E-state index is 0.00805. The molecular formula is C23H27N3O5. The van der Waals surface area contributed by atoms with Crippen LogP contribution in [0.5, 0.6) is 11.5 Å². The molecule has 4 rings (SSSR count). The SMILES string of the molecule is CCOC(=O)c1c(C)oc2nc(C)nc(N3CCc4cc(OC)c(OC)cc4C3C)c12. The number of aromatic nitrogens is 2. The van der Waals surface area contributed by atoms with Gasteiger partial charge in [0.25, 0.3) is 0 Å². The third-order valence-electron chi connectivity index (χ3n) is 5.76. The summed E-state index contributed by atoms with van der Waals surface area (Å²) in [6.07, 6.45) is 0.802. The van der Waals surface area contributed by atoms with Crippen LogP contribution in [0.25, 0.3) is 11.1 Å². The van der Waals surface area contributed by atoms with E-state index in [2.05, 4.69) is 16.8 Å². The summed E-state index contributed by atoms with van der Waals surface area (Å²) in [6, 6.07) is 4.05. The van der Waals surface area contributed by atoms with Crippen LogP contribution in [0.2, 0.25) is 0 Å². The highest BCUT2D eigenvalue weighted by Gasteiger charge is 2.32. The van der Waals surface area contributed by atoms with Crippen molar-refractivity contribution in [3.63, 3.8) is 0 Å². The predicted octanol–water partition coefficient (Wildman–Crippen LogP) is 4.16. The Morgan fingerprint density at radius 1 is 1.19 bits per heavy atom. The van der Waals surface area contributed by atoms with Crippen molar-refractivity contribution >= 4 is 22.9 Å². The van der Waals surface area contributed by atoms with Crippen molar-refractivity contribution in [3.05, 3.63) is 40.4 Å². The van der Waals surface area contributed by atoms with Crippen LogP contribution >= 0.6 is 0 Å². The molecule has 1 atom stereocenters. The molecule has 8 nitrogen and oxygen atoms in total. The smallest absolute Gasteiger partial charge is 0.342 e. The Labute approximate surface area is 181 Å². The highest BCUT2D eigenvalue weighted by Crippen LogP contribution is 2.42. The van der Waals surface area contributed by atoms with Gasteiger partial charge in [0, 0.05) is 6.54 Å². The molecule has 0 fully saturated rings. The molecule has 3 aromatic rings. The van der Waals surface area contributed by atoms with Crippen molar-refractivity contribution in [3.8, 4) is 11.5 Å². The fraction of sp³-hybridized carbons (Fsp3) is 0.435. The summed E-state index contributed by atoms with van der Waals surface area (Å²) in [5.41, 5.74) is 3.12. The Morgan fingerprint density at radius 2 is 1.90 bits per heavy atom. The molecule has 3 heterocycles. The fourth-order valence-corrected chi connectivity index (χ4v) is 4.29. The van der Waals surface area contributed by atoms with E-state index in [0.717, 1.165) is 24.3 Å². The van der Waals surface area contributed by atoms with Gasteiger partial charge in [-0.1, -0.05) is 0 Å². The molecule has 1 unspecified atom stereocenters. The number of rotatable bonds is 5. The average molecular weight is 425 g/mol. The summed E-state index contributed by atoms with van der Waals surface area (Å²) < 4.78 is 22.1. The van der Waals surface area contributed by atoms with Crippen molar-refractivity contribution in [1.82, 2.24) is 9.97 Å². The Balaban J connectivity index is 1.87. The number of anilines is 1. The maximum atomic E-state index is 12.7. The Bertz CT molecular complexity index is 1150. The van der Waals surface area contributed by atoms with Crippen molar-refractivity contribution in [2.75, 3.05) is 32.3 Å². The van der Waals surface area contributed by atoms with Gasteiger partial charge in [0.15, 0.2) is 11.5 Å². The van der Waals surface area contributed by atoms with Crippen LogP contribution in [0.4, 0.5) is 5.82 Å². The molecule has 0 bridgehead atoms. The molecule has 0 aliphatic carbocycles. The van der Waals surface area contributed by atoms with Crippen LogP contribution in [0.1, 0.15) is 53.0 Å². The standard InChI is InChI=1S/C23H27N3O5/c1-7-30-23(27)19-13(3)31-22-20(19)21(24-14(4)25-22)26-9-8-15-10-17(28-5)18(29-6)11-16(15)12(26)2/h10-12H,7-9H2,1-6H3. The van der Waals surface area contributed by atoms with E-state index in [1.165, 1.54) is 5.56 Å². The summed E-state index contributed by atoms with van der Waals surface area (Å²) in [6.45, 7) is 8.47. The van der Waals surface area contributed by atoms with Crippen molar-refractivity contribution in [2.45, 2.75) is 40.2 Å². The molecule has 0 saturated heterocycles. The van der Waals surface area contributed by atoms with E-state index in [9.17, 15) is 4.79 Å². The maximum absolute atomic E-state index is 12.7. The number of fused-ring (bicyclic) bond motifs is 2. The summed E-state index contributed by atoms with van der Waals surface area (Å²) in [7, 11) is 3.27. The summed E-state index contributed by atoms with van der Waals surface area (Å²) in [5.74, 6) is 2.71. The Hall–Kier alpha value is -3.29. The summed E-state index contributed by atoms with van der Waals surface area (Å²) in [5, 5.41) is 0.595. The van der Waals surface area contributed by atoms with Crippen LogP contribution in [-0.4, -0.2) is 43.3 Å². The molecule has 1 aromatic carbocycles. The number of ether oxygens (including phenoxy) is 3. The van der Waals surface area contributed by atoms with Gasteiger partial charge in [-0.25, -0.2) is 9.78 Å². The lowest BCUT2D eigenvalue weighted by Crippen LogP contribution is -2.35. The lowest BCUT2D eigenvalue weighted by atomic mass is 9.92. The molecule has 1 aliphatic rings. The molecule has 0 saturated carbocycles. The zero-order valence-corrected chi connectivity index (χ0v) is 18.7. The van der Waals surface area contributed by atoms with E-state index in [4.69, 9.17) is 23.6 Å². The molecule has 0 radical (unpaired) electrons. The highest BCUT2D eigenvalue weighted by molar-refractivity contribution is 6.08. The van der Waals surface area contributed by atoms with Gasteiger partial charge in [0.05, 0.1) is 32.3 Å². The topological polar surface area (TPSA) is 86.9 Å². The van der Waals surface area contributed by atoms with Gasteiger partial charge in [0.2, 0.25) is 5.71 Å². The van der Waals surface area contributed by atoms with Crippen molar-refractivity contribution in [2.24, 2.45) is 0 Å². The number of esters is 1. The van der Waals surface area contributed by atoms with E-state index >= 15 is 0 Å². The molecule has 8 heteroatoms. The minimum Gasteiger partial charge on any atom is -0.493 e. The predicted molar refractivity (Wildman–Crippen MR) is 116 cm³/mol. The largest absolute Gasteiger partial charge is 0.493 e. The number of carbonyl (C=O) groups excluding carboxylic acids is 1. The van der Waals surface area contributed by atoms with Crippen LogP contribution in [0.3, 0.4) is 0 Å². The number of carbonyl (C=O) groups is 1. The Kier molecular flexibility index (Phi) is 5.47. The number of nitrogens with zero attached hydrogens (tertiary/aromatic N) is 3. The third kappa shape index (κ3) is 3.45. The third-order valence-corrected chi connectivity index (χ3v) is 5.76. The second-order valence-corrected chi connectivity index (χ2v) is 7.55. The normalized spacial score (nSPS) is 15.7. The number of furan rings is 1. The lowest BCUT2D eigenvalue weighted by molar-refractivity contribution is 0.0526. The molecule has 0 spiro atoms. The van der Waals surface area contributed by atoms with Gasteiger partial charge in [-0.05, 0) is 57.4 Å². The lowest BCUT2D eigenvalue weighted by Gasteiger charge is -2.37. The van der Waals surface area contributed by atoms with E-state index in [1.54, 1.807) is 28.1 Å². The van der Waals surface area contributed by atoms with Gasteiger partial charge in [-0.2, -0.15) is 4.98 Å². The summed E-state index contributed by atoms with van der Waals surface area (Å²) >= 11 is 0. The van der Waals surface area contributed by atoms with Gasteiger partial charge in [-0.15, -0.1) is 0 Å². The first-order valence-corrected chi connectivity index (χ1v) is 10.4. The van der Waals surface area contributed by atoms with E-state index in [-0.39, 0.29) is 12.6 Å². The zero-order chi connectivity index (χ0) is 22.3. The molecule has 1 aliphatic heterocycles.